The molecular formula is C19H28O5. The number of aliphatic carboxylic acids is 1. The quantitative estimate of drug-likeness (QED) is 0.468. The molecule has 2 rings (SSSR count). The van der Waals surface area contributed by atoms with Crippen molar-refractivity contribution in [2.45, 2.75) is 76.8 Å². The van der Waals surface area contributed by atoms with Crippen molar-refractivity contribution in [2.24, 2.45) is 0 Å². The molecule has 0 bridgehead atoms. The number of allylic oxidation sites excluding steroid dienone is 3. The van der Waals surface area contributed by atoms with Crippen molar-refractivity contribution >= 4 is 5.97 Å². The van der Waals surface area contributed by atoms with E-state index >= 15 is 0 Å². The van der Waals surface area contributed by atoms with E-state index in [1.165, 1.54) is 5.57 Å². The molecule has 0 amide bonds. The molecule has 0 radical (unpaired) electrons. The molecule has 5 heteroatoms. The summed E-state index contributed by atoms with van der Waals surface area (Å²) in [5.74, 6) is -0.769. The van der Waals surface area contributed by atoms with Crippen LogP contribution in [0.4, 0.5) is 0 Å². The zero-order chi connectivity index (χ0) is 17.9. The molecule has 0 aromatic heterocycles. The monoisotopic (exact) mass is 336 g/mol. The smallest absolute Gasteiger partial charge is 0.303 e. The van der Waals surface area contributed by atoms with Crippen molar-refractivity contribution in [3.05, 3.63) is 34.9 Å². The Bertz CT molecular complexity index is 574. The van der Waals surface area contributed by atoms with Crippen molar-refractivity contribution < 1.29 is 24.9 Å². The Hall–Kier alpha value is -1.43. The largest absolute Gasteiger partial charge is 0.481 e. The zero-order valence-electron chi connectivity index (χ0n) is 14.7. The van der Waals surface area contributed by atoms with Gasteiger partial charge in [-0.25, -0.2) is 0 Å². The third kappa shape index (κ3) is 4.35. The van der Waals surface area contributed by atoms with E-state index in [1.807, 2.05) is 13.8 Å². The Morgan fingerprint density at radius 2 is 1.88 bits per heavy atom. The molecule has 2 aliphatic rings. The number of hydrogen-bond acceptors (Lipinski definition) is 4. The van der Waals surface area contributed by atoms with Crippen molar-refractivity contribution in [1.29, 1.82) is 0 Å². The van der Waals surface area contributed by atoms with Gasteiger partial charge < -0.3 is 20.1 Å². The molecule has 3 N–H and O–H groups in total. The normalized spacial score (nSPS) is 33.0. The minimum atomic E-state index is -0.769. The summed E-state index contributed by atoms with van der Waals surface area (Å²) < 4.78 is 5.64. The second-order valence-corrected chi connectivity index (χ2v) is 7.03. The van der Waals surface area contributed by atoms with E-state index in [1.54, 1.807) is 13.0 Å². The molecule has 1 saturated heterocycles. The first kappa shape index (κ1) is 18.9. The average molecular weight is 336 g/mol. The fourth-order valence-corrected chi connectivity index (χ4v) is 3.17. The van der Waals surface area contributed by atoms with E-state index < -0.39 is 23.8 Å². The fourth-order valence-electron chi connectivity index (χ4n) is 3.17. The lowest BCUT2D eigenvalue weighted by Crippen LogP contribution is -2.39. The van der Waals surface area contributed by atoms with Gasteiger partial charge in [0.15, 0.2) is 0 Å². The molecule has 0 saturated carbocycles. The molecule has 0 aromatic rings. The Kier molecular flexibility index (Phi) is 6.01. The Morgan fingerprint density at radius 3 is 2.54 bits per heavy atom. The van der Waals surface area contributed by atoms with Gasteiger partial charge >= 0.3 is 5.97 Å². The summed E-state index contributed by atoms with van der Waals surface area (Å²) in [6, 6.07) is 0. The maximum absolute atomic E-state index is 10.5. The van der Waals surface area contributed by atoms with Gasteiger partial charge in [0.05, 0.1) is 0 Å². The van der Waals surface area contributed by atoms with E-state index in [0.717, 1.165) is 24.0 Å². The number of carboxylic acids is 1. The number of fused-ring (bicyclic) bond motifs is 1. The highest BCUT2D eigenvalue weighted by molar-refractivity contribution is 5.66. The van der Waals surface area contributed by atoms with Gasteiger partial charge in [-0.2, -0.15) is 0 Å². The van der Waals surface area contributed by atoms with Crippen LogP contribution in [0.2, 0.25) is 0 Å². The number of hydrogen-bond donors (Lipinski definition) is 3. The van der Waals surface area contributed by atoms with E-state index in [-0.39, 0.29) is 12.5 Å². The van der Waals surface area contributed by atoms with Crippen LogP contribution >= 0.6 is 0 Å². The highest BCUT2D eigenvalue weighted by atomic mass is 16.6. The van der Waals surface area contributed by atoms with Gasteiger partial charge in [0.2, 0.25) is 0 Å². The highest BCUT2D eigenvalue weighted by Gasteiger charge is 2.65. The molecule has 1 aliphatic heterocycles. The van der Waals surface area contributed by atoms with Crippen LogP contribution in [0.15, 0.2) is 34.9 Å². The molecule has 24 heavy (non-hydrogen) atoms. The second kappa shape index (κ2) is 7.64. The van der Waals surface area contributed by atoms with Gasteiger partial charge in [-0.1, -0.05) is 29.4 Å². The maximum atomic E-state index is 10.5. The summed E-state index contributed by atoms with van der Waals surface area (Å²) in [5.41, 5.74) is 2.41. The van der Waals surface area contributed by atoms with Gasteiger partial charge in [-0.05, 0) is 45.6 Å². The zero-order valence-corrected chi connectivity index (χ0v) is 14.7. The minimum absolute atomic E-state index is 0.172. The molecular weight excluding hydrogens is 308 g/mol. The van der Waals surface area contributed by atoms with Gasteiger partial charge in [-0.3, -0.25) is 4.79 Å². The average Bonchev–Trinajstić information content (AvgIpc) is 3.26. The standard InChI is InChI=1S/C19H28O5/c1-12(7-8-16(21)22)5-4-6-13(2)9-10-19-15(20)11-14(3)17(23)18(19)24-19/h5,9,11,15,17-18,20,23H,4,6-8,10H2,1-3H3,(H,21,22)/b12-5+,13-9+/t15-,17-,18-,19+/m1/s1. The minimum Gasteiger partial charge on any atom is -0.481 e. The number of carbonyl (C=O) groups is 1. The summed E-state index contributed by atoms with van der Waals surface area (Å²) in [7, 11) is 0. The molecule has 1 aliphatic carbocycles. The molecule has 134 valence electrons. The Balaban J connectivity index is 1.81. The first-order valence-electron chi connectivity index (χ1n) is 8.51. The summed E-state index contributed by atoms with van der Waals surface area (Å²) >= 11 is 0. The number of aliphatic hydroxyl groups is 2. The molecule has 5 nitrogen and oxygen atoms in total. The molecule has 1 heterocycles. The number of ether oxygens (including phenoxy) is 1. The topological polar surface area (TPSA) is 90.3 Å². The number of carboxylic acid groups (broad SMARTS) is 1. The van der Waals surface area contributed by atoms with Crippen molar-refractivity contribution in [3.63, 3.8) is 0 Å². The van der Waals surface area contributed by atoms with E-state index in [2.05, 4.69) is 12.2 Å². The lowest BCUT2D eigenvalue weighted by molar-refractivity contribution is -0.136. The highest BCUT2D eigenvalue weighted by Crippen LogP contribution is 2.50. The van der Waals surface area contributed by atoms with E-state index in [0.29, 0.717) is 12.8 Å². The molecule has 0 aromatic carbocycles. The van der Waals surface area contributed by atoms with Crippen LogP contribution in [-0.2, 0) is 9.53 Å². The van der Waals surface area contributed by atoms with Crippen LogP contribution in [0.3, 0.4) is 0 Å². The number of epoxide rings is 1. The van der Waals surface area contributed by atoms with E-state index in [4.69, 9.17) is 9.84 Å². The number of aliphatic hydroxyl groups excluding tert-OH is 2. The first-order valence-corrected chi connectivity index (χ1v) is 8.51. The summed E-state index contributed by atoms with van der Waals surface area (Å²) in [6.45, 7) is 5.80. The summed E-state index contributed by atoms with van der Waals surface area (Å²) in [4.78, 5) is 10.5. The van der Waals surface area contributed by atoms with Gasteiger partial charge in [0.1, 0.15) is 23.9 Å². The van der Waals surface area contributed by atoms with Gasteiger partial charge in [0.25, 0.3) is 0 Å². The Labute approximate surface area is 143 Å². The fraction of sp³-hybridized carbons (Fsp3) is 0.632. The third-order valence-electron chi connectivity index (χ3n) is 4.98. The third-order valence-corrected chi connectivity index (χ3v) is 4.98. The van der Waals surface area contributed by atoms with Crippen molar-refractivity contribution in [1.82, 2.24) is 0 Å². The van der Waals surface area contributed by atoms with Crippen molar-refractivity contribution in [2.75, 3.05) is 0 Å². The van der Waals surface area contributed by atoms with Crippen LogP contribution in [-0.4, -0.2) is 45.2 Å². The molecule has 0 spiro atoms. The summed E-state index contributed by atoms with van der Waals surface area (Å²) in [6.07, 6.45) is 7.35. The SMILES string of the molecule is CC1=C[C@@H](O)[C@]2(C/C=C(\C)CC/C=C(\C)CCC(=O)O)O[C@@H]2[C@@H]1O. The lowest BCUT2D eigenvalue weighted by atomic mass is 9.83. The van der Waals surface area contributed by atoms with Crippen LogP contribution in [0.5, 0.6) is 0 Å². The Morgan fingerprint density at radius 1 is 1.21 bits per heavy atom. The number of rotatable bonds is 8. The van der Waals surface area contributed by atoms with Gasteiger partial charge in [0, 0.05) is 12.8 Å². The molecule has 1 fully saturated rings. The maximum Gasteiger partial charge on any atom is 0.303 e. The lowest BCUT2D eigenvalue weighted by Gasteiger charge is -2.24. The summed E-state index contributed by atoms with van der Waals surface area (Å²) in [5, 5.41) is 28.9. The van der Waals surface area contributed by atoms with Crippen LogP contribution in [0, 0.1) is 0 Å². The van der Waals surface area contributed by atoms with Crippen molar-refractivity contribution in [3.8, 4) is 0 Å². The van der Waals surface area contributed by atoms with Crippen LogP contribution in [0.1, 0.15) is 52.9 Å². The van der Waals surface area contributed by atoms with E-state index in [9.17, 15) is 15.0 Å². The predicted molar refractivity (Wildman–Crippen MR) is 91.6 cm³/mol. The van der Waals surface area contributed by atoms with Gasteiger partial charge in [-0.15, -0.1) is 0 Å². The second-order valence-electron chi connectivity index (χ2n) is 7.03. The van der Waals surface area contributed by atoms with Crippen LogP contribution in [0.25, 0.3) is 0 Å². The molecule has 4 atom stereocenters. The molecule has 0 unspecified atom stereocenters. The predicted octanol–water partition coefficient (Wildman–Crippen LogP) is 2.73. The van der Waals surface area contributed by atoms with Crippen LogP contribution < -0.4 is 0 Å². The first-order chi connectivity index (χ1) is 11.3.